The van der Waals surface area contributed by atoms with Crippen LogP contribution in [-0.2, 0) is 6.42 Å². The molecule has 2 nitrogen and oxygen atoms in total. The van der Waals surface area contributed by atoms with Gasteiger partial charge in [0.1, 0.15) is 5.75 Å². The van der Waals surface area contributed by atoms with Crippen molar-refractivity contribution in [3.05, 3.63) is 48.2 Å². The number of unbranched alkanes of at least 4 members (excludes halogenated alkanes) is 10. The second-order valence-corrected chi connectivity index (χ2v) is 9.08. The Bertz CT molecular complexity index is 677. The Hall–Kier alpha value is -1.83. The zero-order chi connectivity index (χ0) is 22.2. The number of aryl methyl sites for hydroxylation is 1. The maximum atomic E-state index is 6.08. The molecule has 0 fully saturated rings. The lowest BCUT2D eigenvalue weighted by molar-refractivity contribution is 0.206. The van der Waals surface area contributed by atoms with Crippen molar-refractivity contribution in [3.63, 3.8) is 0 Å². The van der Waals surface area contributed by atoms with Crippen molar-refractivity contribution < 1.29 is 4.74 Å². The first-order valence-electron chi connectivity index (χ1n) is 12.9. The highest BCUT2D eigenvalue weighted by Gasteiger charge is 2.05. The third-order valence-electron chi connectivity index (χ3n) is 6.10. The smallest absolute Gasteiger partial charge is 0.119 e. The molecule has 0 spiro atoms. The first-order chi connectivity index (χ1) is 15.2. The Morgan fingerprint density at radius 3 is 1.94 bits per heavy atom. The van der Waals surface area contributed by atoms with Gasteiger partial charge in [-0.2, -0.15) is 0 Å². The lowest BCUT2D eigenvalue weighted by atomic mass is 10.0. The van der Waals surface area contributed by atoms with Crippen LogP contribution in [0.3, 0.4) is 0 Å². The minimum atomic E-state index is 0.274. The Morgan fingerprint density at radius 2 is 1.32 bits per heavy atom. The molecule has 1 atom stereocenters. The quantitative estimate of drug-likeness (QED) is 0.237. The van der Waals surface area contributed by atoms with E-state index < -0.39 is 0 Å². The molecule has 0 amide bonds. The number of hydrogen-bond acceptors (Lipinski definition) is 2. The summed E-state index contributed by atoms with van der Waals surface area (Å²) in [6.45, 7) is 6.70. The maximum absolute atomic E-state index is 6.08. The summed E-state index contributed by atoms with van der Waals surface area (Å²) in [5.74, 6) is 0.957. The van der Waals surface area contributed by atoms with Crippen molar-refractivity contribution >= 4 is 0 Å². The average Bonchev–Trinajstić information content (AvgIpc) is 2.79. The largest absolute Gasteiger partial charge is 0.491 e. The van der Waals surface area contributed by atoms with Crippen molar-refractivity contribution in [2.24, 2.45) is 0 Å². The monoisotopic (exact) mass is 423 g/mol. The van der Waals surface area contributed by atoms with Crippen LogP contribution >= 0.6 is 0 Å². The first-order valence-corrected chi connectivity index (χ1v) is 12.9. The standard InChI is InChI=1S/C29H45NO/c1-4-6-8-10-11-12-13-15-17-26-18-23-29(30-24-26)27-19-21-28(22-20-27)31-25(3)16-14-9-7-5-2/h18-25H,4-17H2,1-3H3. The molecule has 1 aromatic heterocycles. The Balaban J connectivity index is 1.69. The fourth-order valence-electron chi connectivity index (χ4n) is 4.06. The molecular formula is C29H45NO. The molecule has 0 saturated carbocycles. The summed E-state index contributed by atoms with van der Waals surface area (Å²) in [6, 6.07) is 12.8. The number of pyridine rings is 1. The summed E-state index contributed by atoms with van der Waals surface area (Å²) >= 11 is 0. The second kappa shape index (κ2) is 15.9. The molecule has 2 rings (SSSR count). The van der Waals surface area contributed by atoms with E-state index in [1.165, 1.54) is 82.6 Å². The summed E-state index contributed by atoms with van der Waals surface area (Å²) in [5.41, 5.74) is 3.55. The minimum Gasteiger partial charge on any atom is -0.491 e. The van der Waals surface area contributed by atoms with E-state index in [4.69, 9.17) is 9.72 Å². The van der Waals surface area contributed by atoms with Gasteiger partial charge < -0.3 is 4.74 Å². The van der Waals surface area contributed by atoms with Crippen molar-refractivity contribution in [2.75, 3.05) is 0 Å². The van der Waals surface area contributed by atoms with E-state index in [1.807, 2.05) is 0 Å². The van der Waals surface area contributed by atoms with Gasteiger partial charge in [0.05, 0.1) is 11.8 Å². The molecule has 31 heavy (non-hydrogen) atoms. The fraction of sp³-hybridized carbons (Fsp3) is 0.621. The second-order valence-electron chi connectivity index (χ2n) is 9.08. The van der Waals surface area contributed by atoms with Gasteiger partial charge in [0.15, 0.2) is 0 Å². The number of aromatic nitrogens is 1. The van der Waals surface area contributed by atoms with Gasteiger partial charge in [-0.05, 0) is 68.5 Å². The number of benzene rings is 1. The molecule has 0 aliphatic rings. The summed E-state index contributed by atoms with van der Waals surface area (Å²) in [5, 5.41) is 0. The van der Waals surface area contributed by atoms with E-state index >= 15 is 0 Å². The predicted molar refractivity (Wildman–Crippen MR) is 135 cm³/mol. The van der Waals surface area contributed by atoms with E-state index in [-0.39, 0.29) is 6.10 Å². The first kappa shape index (κ1) is 25.4. The molecule has 0 radical (unpaired) electrons. The Morgan fingerprint density at radius 1 is 0.710 bits per heavy atom. The van der Waals surface area contributed by atoms with Gasteiger partial charge in [0.25, 0.3) is 0 Å². The highest BCUT2D eigenvalue weighted by atomic mass is 16.5. The van der Waals surface area contributed by atoms with Crippen molar-refractivity contribution in [1.82, 2.24) is 4.98 Å². The zero-order valence-electron chi connectivity index (χ0n) is 20.4. The van der Waals surface area contributed by atoms with Crippen molar-refractivity contribution in [2.45, 2.75) is 117 Å². The Kier molecular flexibility index (Phi) is 13.0. The topological polar surface area (TPSA) is 22.1 Å². The summed E-state index contributed by atoms with van der Waals surface area (Å²) in [7, 11) is 0. The van der Waals surface area contributed by atoms with Gasteiger partial charge in [0, 0.05) is 11.8 Å². The van der Waals surface area contributed by atoms with Crippen molar-refractivity contribution in [1.29, 1.82) is 0 Å². The van der Waals surface area contributed by atoms with E-state index in [9.17, 15) is 0 Å². The normalized spacial score (nSPS) is 12.1. The van der Waals surface area contributed by atoms with Gasteiger partial charge in [0.2, 0.25) is 0 Å². The predicted octanol–water partition coefficient (Wildman–Crippen LogP) is 9.17. The Labute approximate surface area is 191 Å². The SMILES string of the molecule is CCCCCCCCCCc1ccc(-c2ccc(OC(C)CCCCCC)cc2)nc1. The van der Waals surface area contributed by atoms with Crippen LogP contribution in [0.5, 0.6) is 5.75 Å². The molecule has 1 aromatic carbocycles. The lowest BCUT2D eigenvalue weighted by Crippen LogP contribution is -2.11. The third kappa shape index (κ3) is 10.8. The van der Waals surface area contributed by atoms with Crippen LogP contribution in [0.15, 0.2) is 42.6 Å². The number of rotatable bonds is 17. The molecule has 1 heterocycles. The molecule has 0 N–H and O–H groups in total. The molecule has 0 aliphatic carbocycles. The van der Waals surface area contributed by atoms with Crippen LogP contribution in [0.1, 0.15) is 110 Å². The fourth-order valence-corrected chi connectivity index (χ4v) is 4.06. The average molecular weight is 424 g/mol. The van der Waals surface area contributed by atoms with E-state index in [0.717, 1.165) is 29.8 Å². The molecule has 2 aromatic rings. The zero-order valence-corrected chi connectivity index (χ0v) is 20.4. The molecule has 0 bridgehead atoms. The van der Waals surface area contributed by atoms with Gasteiger partial charge >= 0.3 is 0 Å². The van der Waals surface area contributed by atoms with E-state index in [0.29, 0.717) is 0 Å². The minimum absolute atomic E-state index is 0.274. The highest BCUT2D eigenvalue weighted by molar-refractivity contribution is 5.60. The van der Waals surface area contributed by atoms with Gasteiger partial charge in [-0.3, -0.25) is 4.98 Å². The van der Waals surface area contributed by atoms with Gasteiger partial charge in [-0.15, -0.1) is 0 Å². The highest BCUT2D eigenvalue weighted by Crippen LogP contribution is 2.23. The van der Waals surface area contributed by atoms with Gasteiger partial charge in [-0.1, -0.05) is 84.1 Å². The van der Waals surface area contributed by atoms with E-state index in [2.05, 4.69) is 63.4 Å². The van der Waals surface area contributed by atoms with Gasteiger partial charge in [-0.25, -0.2) is 0 Å². The van der Waals surface area contributed by atoms with Crippen LogP contribution in [0.25, 0.3) is 11.3 Å². The maximum Gasteiger partial charge on any atom is 0.119 e. The molecule has 172 valence electrons. The summed E-state index contributed by atoms with van der Waals surface area (Å²) < 4.78 is 6.08. The number of hydrogen-bond donors (Lipinski definition) is 0. The van der Waals surface area contributed by atoms with E-state index in [1.54, 1.807) is 0 Å². The molecular weight excluding hydrogens is 378 g/mol. The molecule has 0 aliphatic heterocycles. The molecule has 0 saturated heterocycles. The molecule has 1 unspecified atom stereocenters. The lowest BCUT2D eigenvalue weighted by Gasteiger charge is -2.15. The van der Waals surface area contributed by atoms with Crippen LogP contribution < -0.4 is 4.74 Å². The van der Waals surface area contributed by atoms with Crippen molar-refractivity contribution in [3.8, 4) is 17.0 Å². The summed E-state index contributed by atoms with van der Waals surface area (Å²) in [6.07, 6.45) is 20.7. The third-order valence-corrected chi connectivity index (χ3v) is 6.10. The number of nitrogens with zero attached hydrogens (tertiary/aromatic N) is 1. The molecule has 2 heteroatoms. The van der Waals surface area contributed by atoms with Crippen LogP contribution in [0.4, 0.5) is 0 Å². The van der Waals surface area contributed by atoms with Crippen LogP contribution in [-0.4, -0.2) is 11.1 Å². The van der Waals surface area contributed by atoms with Crippen LogP contribution in [0.2, 0.25) is 0 Å². The van der Waals surface area contributed by atoms with Crippen LogP contribution in [0, 0.1) is 0 Å². The number of ether oxygens (including phenoxy) is 1. The summed E-state index contributed by atoms with van der Waals surface area (Å²) in [4.78, 5) is 4.71.